The number of amides is 1. The molecule has 0 aromatic heterocycles. The Morgan fingerprint density at radius 2 is 1.86 bits per heavy atom. The highest BCUT2D eigenvalue weighted by Gasteiger charge is 2.04. The normalized spacial score (nSPS) is 10.0. The quantitative estimate of drug-likeness (QED) is 0.853. The molecule has 0 saturated heterocycles. The molecule has 2 rings (SSSR count). The first-order valence-corrected chi connectivity index (χ1v) is 6.99. The zero-order chi connectivity index (χ0) is 15.1. The Kier molecular flexibility index (Phi) is 5.46. The number of nitrogens with one attached hydrogen (secondary N) is 2. The monoisotopic (exact) mass is 304 g/mol. The van der Waals surface area contributed by atoms with Crippen molar-refractivity contribution in [1.82, 2.24) is 0 Å². The molecule has 0 heterocycles. The summed E-state index contributed by atoms with van der Waals surface area (Å²) in [6, 6.07) is 14.6. The van der Waals surface area contributed by atoms with Crippen LogP contribution in [0.5, 0.6) is 5.75 Å². The number of carbonyl (C=O) groups excluding carboxylic acids is 1. The maximum Gasteiger partial charge on any atom is 0.226 e. The standard InChI is InChI=1S/C16H17ClN2O2/c1-21-15-5-3-2-4-14(15)18-11-10-16(20)19-13-8-6-12(17)7-9-13/h2-9,18H,10-11H2,1H3,(H,19,20). The van der Waals surface area contributed by atoms with E-state index in [1.54, 1.807) is 31.4 Å². The third kappa shape index (κ3) is 4.68. The fraction of sp³-hybridized carbons (Fsp3) is 0.188. The Balaban J connectivity index is 1.80. The van der Waals surface area contributed by atoms with Crippen LogP contribution in [0.2, 0.25) is 5.02 Å². The first-order valence-electron chi connectivity index (χ1n) is 6.61. The molecule has 1 amide bonds. The van der Waals surface area contributed by atoms with Crippen molar-refractivity contribution in [2.75, 3.05) is 24.3 Å². The zero-order valence-electron chi connectivity index (χ0n) is 11.7. The predicted octanol–water partition coefficient (Wildman–Crippen LogP) is 3.79. The fourth-order valence-electron chi connectivity index (χ4n) is 1.86. The van der Waals surface area contributed by atoms with Crippen LogP contribution in [0.4, 0.5) is 11.4 Å². The summed E-state index contributed by atoms with van der Waals surface area (Å²) in [4.78, 5) is 11.8. The molecule has 0 aliphatic carbocycles. The van der Waals surface area contributed by atoms with Gasteiger partial charge in [0, 0.05) is 23.7 Å². The number of methoxy groups -OCH3 is 1. The van der Waals surface area contributed by atoms with E-state index >= 15 is 0 Å². The minimum absolute atomic E-state index is 0.0558. The summed E-state index contributed by atoms with van der Waals surface area (Å²) >= 11 is 5.79. The summed E-state index contributed by atoms with van der Waals surface area (Å²) in [5, 5.41) is 6.64. The average molecular weight is 305 g/mol. The largest absolute Gasteiger partial charge is 0.495 e. The Bertz CT molecular complexity index is 599. The van der Waals surface area contributed by atoms with Gasteiger partial charge in [-0.05, 0) is 36.4 Å². The Labute approximate surface area is 129 Å². The van der Waals surface area contributed by atoms with Gasteiger partial charge >= 0.3 is 0 Å². The van der Waals surface area contributed by atoms with E-state index in [4.69, 9.17) is 16.3 Å². The van der Waals surface area contributed by atoms with Crippen molar-refractivity contribution in [3.8, 4) is 5.75 Å². The van der Waals surface area contributed by atoms with Crippen LogP contribution in [-0.2, 0) is 4.79 Å². The minimum atomic E-state index is -0.0558. The van der Waals surface area contributed by atoms with Crippen LogP contribution in [0.25, 0.3) is 0 Å². The molecule has 0 saturated carbocycles. The first-order chi connectivity index (χ1) is 10.2. The molecule has 0 unspecified atom stereocenters. The lowest BCUT2D eigenvalue weighted by Gasteiger charge is -2.11. The molecule has 2 N–H and O–H groups in total. The van der Waals surface area contributed by atoms with Crippen LogP contribution < -0.4 is 15.4 Å². The van der Waals surface area contributed by atoms with Gasteiger partial charge in [0.05, 0.1) is 12.8 Å². The number of anilines is 2. The van der Waals surface area contributed by atoms with E-state index in [0.717, 1.165) is 17.1 Å². The van der Waals surface area contributed by atoms with Crippen LogP contribution in [0.15, 0.2) is 48.5 Å². The number of halogens is 1. The van der Waals surface area contributed by atoms with E-state index < -0.39 is 0 Å². The number of para-hydroxylation sites is 2. The fourth-order valence-corrected chi connectivity index (χ4v) is 1.98. The van der Waals surface area contributed by atoms with Gasteiger partial charge in [0.15, 0.2) is 0 Å². The van der Waals surface area contributed by atoms with Crippen molar-refractivity contribution in [2.45, 2.75) is 6.42 Å². The van der Waals surface area contributed by atoms with E-state index in [9.17, 15) is 4.79 Å². The summed E-state index contributed by atoms with van der Waals surface area (Å²) < 4.78 is 5.23. The summed E-state index contributed by atoms with van der Waals surface area (Å²) in [5.41, 5.74) is 1.61. The van der Waals surface area contributed by atoms with E-state index in [2.05, 4.69) is 10.6 Å². The number of carbonyl (C=O) groups is 1. The molecule has 0 bridgehead atoms. The molecule has 5 heteroatoms. The average Bonchev–Trinajstić information content (AvgIpc) is 2.50. The lowest BCUT2D eigenvalue weighted by atomic mass is 10.2. The van der Waals surface area contributed by atoms with E-state index in [0.29, 0.717) is 18.0 Å². The minimum Gasteiger partial charge on any atom is -0.495 e. The number of rotatable bonds is 6. The van der Waals surface area contributed by atoms with E-state index in [1.807, 2.05) is 24.3 Å². The van der Waals surface area contributed by atoms with Crippen LogP contribution in [0.3, 0.4) is 0 Å². The predicted molar refractivity (Wildman–Crippen MR) is 86.2 cm³/mol. The van der Waals surface area contributed by atoms with Gasteiger partial charge in [-0.3, -0.25) is 4.79 Å². The molecule has 21 heavy (non-hydrogen) atoms. The van der Waals surface area contributed by atoms with Gasteiger partial charge in [0.25, 0.3) is 0 Å². The SMILES string of the molecule is COc1ccccc1NCCC(=O)Nc1ccc(Cl)cc1. The lowest BCUT2D eigenvalue weighted by molar-refractivity contribution is -0.115. The van der Waals surface area contributed by atoms with Crippen LogP contribution in [-0.4, -0.2) is 19.6 Å². The highest BCUT2D eigenvalue weighted by Crippen LogP contribution is 2.22. The van der Waals surface area contributed by atoms with Gasteiger partial charge in [-0.1, -0.05) is 23.7 Å². The highest BCUT2D eigenvalue weighted by molar-refractivity contribution is 6.30. The molecule has 0 aliphatic heterocycles. The molecule has 2 aromatic carbocycles. The molecule has 0 radical (unpaired) electrons. The number of benzene rings is 2. The number of hydrogen-bond acceptors (Lipinski definition) is 3. The molecular formula is C16H17ClN2O2. The molecular weight excluding hydrogens is 288 g/mol. The second kappa shape index (κ2) is 7.55. The molecule has 0 fully saturated rings. The summed E-state index contributed by atoms with van der Waals surface area (Å²) in [6.45, 7) is 0.528. The lowest BCUT2D eigenvalue weighted by Crippen LogP contribution is -2.16. The van der Waals surface area contributed by atoms with Crippen molar-refractivity contribution in [3.63, 3.8) is 0 Å². The molecule has 0 spiro atoms. The zero-order valence-corrected chi connectivity index (χ0v) is 12.5. The van der Waals surface area contributed by atoms with Crippen molar-refractivity contribution < 1.29 is 9.53 Å². The molecule has 110 valence electrons. The Hall–Kier alpha value is -2.20. The second-order valence-corrected chi connectivity index (χ2v) is 4.87. The van der Waals surface area contributed by atoms with Gasteiger partial charge in [-0.15, -0.1) is 0 Å². The second-order valence-electron chi connectivity index (χ2n) is 4.43. The smallest absolute Gasteiger partial charge is 0.226 e. The molecule has 0 atom stereocenters. The van der Waals surface area contributed by atoms with Crippen LogP contribution in [0, 0.1) is 0 Å². The third-order valence-electron chi connectivity index (χ3n) is 2.90. The van der Waals surface area contributed by atoms with Crippen molar-refractivity contribution in [3.05, 3.63) is 53.6 Å². The molecule has 4 nitrogen and oxygen atoms in total. The topological polar surface area (TPSA) is 50.4 Å². The van der Waals surface area contributed by atoms with Gasteiger partial charge in [0.1, 0.15) is 5.75 Å². The first kappa shape index (κ1) is 15.2. The van der Waals surface area contributed by atoms with Crippen molar-refractivity contribution in [2.24, 2.45) is 0 Å². The highest BCUT2D eigenvalue weighted by atomic mass is 35.5. The van der Waals surface area contributed by atoms with E-state index in [-0.39, 0.29) is 5.91 Å². The maximum atomic E-state index is 11.8. The van der Waals surface area contributed by atoms with Gasteiger partial charge in [-0.25, -0.2) is 0 Å². The summed E-state index contributed by atoms with van der Waals surface area (Å²) in [5.74, 6) is 0.704. The maximum absolute atomic E-state index is 11.8. The van der Waals surface area contributed by atoms with E-state index in [1.165, 1.54) is 0 Å². The molecule has 2 aromatic rings. The third-order valence-corrected chi connectivity index (χ3v) is 3.15. The number of hydrogen-bond donors (Lipinski definition) is 2. The molecule has 0 aliphatic rings. The van der Waals surface area contributed by atoms with Gasteiger partial charge in [0.2, 0.25) is 5.91 Å². The summed E-state index contributed by atoms with van der Waals surface area (Å²) in [7, 11) is 1.62. The van der Waals surface area contributed by atoms with Gasteiger partial charge < -0.3 is 15.4 Å². The number of ether oxygens (including phenoxy) is 1. The van der Waals surface area contributed by atoms with Crippen molar-refractivity contribution >= 4 is 28.9 Å². The van der Waals surface area contributed by atoms with Gasteiger partial charge in [-0.2, -0.15) is 0 Å². The Morgan fingerprint density at radius 1 is 1.14 bits per heavy atom. The summed E-state index contributed by atoms with van der Waals surface area (Å²) in [6.07, 6.45) is 0.362. The van der Waals surface area contributed by atoms with Crippen molar-refractivity contribution in [1.29, 1.82) is 0 Å². The Morgan fingerprint density at radius 3 is 2.57 bits per heavy atom. The van der Waals surface area contributed by atoms with Crippen LogP contribution in [0.1, 0.15) is 6.42 Å². The van der Waals surface area contributed by atoms with Crippen LogP contribution >= 0.6 is 11.6 Å².